The second-order valence-corrected chi connectivity index (χ2v) is 9.14. The average Bonchev–Trinajstić information content (AvgIpc) is 3.10. The first-order chi connectivity index (χ1) is 17.3. The van der Waals surface area contributed by atoms with E-state index in [0.29, 0.717) is 24.3 Å². The summed E-state index contributed by atoms with van der Waals surface area (Å²) < 4.78 is 41.1. The number of carbonyl (C=O) groups excluding carboxylic acids is 1. The van der Waals surface area contributed by atoms with Crippen LogP contribution in [0.25, 0.3) is 0 Å². The van der Waals surface area contributed by atoms with Gasteiger partial charge in [0.1, 0.15) is 24.0 Å². The number of ether oxygens (including phenoxy) is 2. The van der Waals surface area contributed by atoms with Crippen molar-refractivity contribution in [2.24, 2.45) is 0 Å². The molecular formula is C24H29F2N7O3. The third kappa shape index (κ3) is 5.62. The molecule has 1 amide bonds. The van der Waals surface area contributed by atoms with E-state index in [0.717, 1.165) is 12.7 Å². The van der Waals surface area contributed by atoms with Crippen LogP contribution in [-0.2, 0) is 11.3 Å². The van der Waals surface area contributed by atoms with Crippen LogP contribution in [-0.4, -0.2) is 89.8 Å². The molecule has 1 fully saturated rings. The van der Waals surface area contributed by atoms with Crippen LogP contribution in [0.4, 0.5) is 14.7 Å². The highest BCUT2D eigenvalue weighted by molar-refractivity contribution is 5.85. The summed E-state index contributed by atoms with van der Waals surface area (Å²) in [5.74, 6) is -0.792. The molecular weight excluding hydrogens is 472 g/mol. The van der Waals surface area contributed by atoms with Gasteiger partial charge in [0, 0.05) is 50.4 Å². The van der Waals surface area contributed by atoms with Crippen molar-refractivity contribution in [3.63, 3.8) is 0 Å². The summed E-state index contributed by atoms with van der Waals surface area (Å²) in [5, 5.41) is 9.27. The lowest BCUT2D eigenvalue weighted by atomic mass is 9.91. The summed E-state index contributed by atoms with van der Waals surface area (Å²) in [5.41, 5.74) is -1.21. The van der Waals surface area contributed by atoms with Gasteiger partial charge in [0.2, 0.25) is 11.8 Å². The lowest BCUT2D eigenvalue weighted by Gasteiger charge is -2.37. The minimum atomic E-state index is -2.06. The van der Waals surface area contributed by atoms with E-state index in [9.17, 15) is 14.4 Å². The summed E-state index contributed by atoms with van der Waals surface area (Å²) in [4.78, 5) is 30.6. The summed E-state index contributed by atoms with van der Waals surface area (Å²) in [6, 6.07) is 2.03. The molecule has 0 aliphatic carbocycles. The van der Waals surface area contributed by atoms with Crippen molar-refractivity contribution in [3.8, 4) is 17.7 Å². The fraction of sp³-hybridized carbons (Fsp3) is 0.542. The first kappa shape index (κ1) is 25.5. The maximum atomic E-state index is 15.9. The van der Waals surface area contributed by atoms with E-state index >= 15 is 4.39 Å². The summed E-state index contributed by atoms with van der Waals surface area (Å²) >= 11 is 0. The smallest absolute Gasteiger partial charge is 0.260 e. The van der Waals surface area contributed by atoms with Crippen molar-refractivity contribution in [2.45, 2.75) is 31.5 Å². The molecule has 0 bridgehead atoms. The molecule has 0 aromatic carbocycles. The Hall–Kier alpha value is -3.59. The number of pyridine rings is 1. The molecule has 4 rings (SSSR count). The maximum Gasteiger partial charge on any atom is 0.260 e. The number of nitriles is 1. The number of piperidine rings is 1. The van der Waals surface area contributed by atoms with Crippen molar-refractivity contribution in [3.05, 3.63) is 35.5 Å². The number of nitrogens with zero attached hydrogens (tertiary/aromatic N) is 7. The van der Waals surface area contributed by atoms with Crippen LogP contribution in [0.1, 0.15) is 30.4 Å². The number of carbonyl (C=O) groups is 1. The molecule has 10 nitrogen and oxygen atoms in total. The minimum Gasteiger partial charge on any atom is -0.490 e. The van der Waals surface area contributed by atoms with E-state index in [1.807, 2.05) is 25.1 Å². The molecule has 0 atom stereocenters. The number of hydrogen-bond acceptors (Lipinski definition) is 9. The van der Waals surface area contributed by atoms with E-state index in [2.05, 4.69) is 15.0 Å². The monoisotopic (exact) mass is 501 g/mol. The zero-order valence-electron chi connectivity index (χ0n) is 20.4. The van der Waals surface area contributed by atoms with Gasteiger partial charge in [-0.3, -0.25) is 9.78 Å². The average molecular weight is 502 g/mol. The van der Waals surface area contributed by atoms with Crippen molar-refractivity contribution < 1.29 is 23.0 Å². The third-order valence-electron chi connectivity index (χ3n) is 6.26. The highest BCUT2D eigenvalue weighted by Crippen LogP contribution is 2.33. The number of amides is 1. The lowest BCUT2D eigenvalue weighted by molar-refractivity contribution is -0.146. The number of fused-ring (bicyclic) bond motifs is 1. The first-order valence-corrected chi connectivity index (χ1v) is 11.8. The Kier molecular flexibility index (Phi) is 7.79. The molecule has 0 unspecified atom stereocenters. The van der Waals surface area contributed by atoms with Gasteiger partial charge in [0.15, 0.2) is 5.67 Å². The van der Waals surface area contributed by atoms with Gasteiger partial charge < -0.3 is 24.2 Å². The maximum absolute atomic E-state index is 15.9. The van der Waals surface area contributed by atoms with Crippen molar-refractivity contribution in [1.82, 2.24) is 24.8 Å². The van der Waals surface area contributed by atoms with Crippen LogP contribution in [0.3, 0.4) is 0 Å². The molecule has 0 saturated carbocycles. The molecule has 1 saturated heterocycles. The van der Waals surface area contributed by atoms with Crippen LogP contribution in [0.5, 0.6) is 11.6 Å². The van der Waals surface area contributed by atoms with Crippen molar-refractivity contribution in [2.75, 3.05) is 58.4 Å². The largest absolute Gasteiger partial charge is 0.490 e. The van der Waals surface area contributed by atoms with Gasteiger partial charge in [-0.15, -0.1) is 0 Å². The second-order valence-electron chi connectivity index (χ2n) is 9.14. The molecule has 192 valence electrons. The first-order valence-electron chi connectivity index (χ1n) is 11.8. The van der Waals surface area contributed by atoms with E-state index in [1.54, 1.807) is 4.90 Å². The highest BCUT2D eigenvalue weighted by Gasteiger charge is 2.45. The molecule has 2 aromatic rings. The Morgan fingerprint density at radius 2 is 2.06 bits per heavy atom. The van der Waals surface area contributed by atoms with Crippen LogP contribution in [0.2, 0.25) is 0 Å². The van der Waals surface area contributed by atoms with Gasteiger partial charge in [0.25, 0.3) is 11.8 Å². The molecule has 0 N–H and O–H groups in total. The van der Waals surface area contributed by atoms with Crippen molar-refractivity contribution in [1.29, 1.82) is 5.26 Å². The van der Waals surface area contributed by atoms with E-state index < -0.39 is 17.4 Å². The minimum absolute atomic E-state index is 0.0632. The molecule has 0 radical (unpaired) electrons. The Morgan fingerprint density at radius 1 is 1.28 bits per heavy atom. The number of halogens is 2. The number of alkyl halides is 1. The molecule has 36 heavy (non-hydrogen) atoms. The quantitative estimate of drug-likeness (QED) is 0.526. The molecule has 2 aliphatic rings. The van der Waals surface area contributed by atoms with E-state index in [4.69, 9.17) is 9.47 Å². The molecule has 0 spiro atoms. The number of hydrogen-bond donors (Lipinski definition) is 0. The van der Waals surface area contributed by atoms with E-state index in [-0.39, 0.29) is 63.0 Å². The Labute approximate surface area is 208 Å². The highest BCUT2D eigenvalue weighted by atomic mass is 19.1. The van der Waals surface area contributed by atoms with Gasteiger partial charge in [-0.1, -0.05) is 0 Å². The van der Waals surface area contributed by atoms with Gasteiger partial charge in [-0.25, -0.2) is 9.37 Å². The number of anilines is 1. The Morgan fingerprint density at radius 3 is 2.78 bits per heavy atom. The fourth-order valence-electron chi connectivity index (χ4n) is 4.27. The van der Waals surface area contributed by atoms with Gasteiger partial charge >= 0.3 is 0 Å². The normalized spacial score (nSPS) is 17.1. The van der Waals surface area contributed by atoms with Gasteiger partial charge in [0.05, 0.1) is 25.9 Å². The molecule has 2 aromatic heterocycles. The van der Waals surface area contributed by atoms with Crippen LogP contribution in [0.15, 0.2) is 18.6 Å². The predicted octanol–water partition coefficient (Wildman–Crippen LogP) is 1.94. The lowest BCUT2D eigenvalue weighted by Crippen LogP contribution is -2.53. The fourth-order valence-corrected chi connectivity index (χ4v) is 4.27. The topological polar surface area (TPSA) is 108 Å². The molecule has 2 aliphatic heterocycles. The standard InChI is InChI=1S/C24H29F2N7O3/c1-31(2)6-3-10-36-21-19(25)15-29-23(30-21)32-7-4-24(26,5-8-32)22(34)33-9-11-35-20-17(12-27)13-28-14-18(20)16-33/h13-15H,3-11,16H2,1-2H3. The number of rotatable bonds is 7. The van der Waals surface area contributed by atoms with Gasteiger partial charge in [-0.2, -0.15) is 14.6 Å². The third-order valence-corrected chi connectivity index (χ3v) is 6.26. The van der Waals surface area contributed by atoms with Gasteiger partial charge in [-0.05, 0) is 20.5 Å². The van der Waals surface area contributed by atoms with Crippen LogP contribution < -0.4 is 14.4 Å². The number of aromatic nitrogens is 3. The van der Waals surface area contributed by atoms with Crippen molar-refractivity contribution >= 4 is 11.9 Å². The molecule has 4 heterocycles. The Balaban J connectivity index is 1.39. The molecule has 12 heteroatoms. The van der Waals surface area contributed by atoms with E-state index in [1.165, 1.54) is 17.3 Å². The zero-order chi connectivity index (χ0) is 25.7. The SMILES string of the molecule is CN(C)CCCOc1nc(N2CCC(F)(C(=O)N3CCOc4c(C#N)cncc4C3)CC2)ncc1F. The summed E-state index contributed by atoms with van der Waals surface area (Å²) in [7, 11) is 3.88. The summed E-state index contributed by atoms with van der Waals surface area (Å²) in [6.07, 6.45) is 4.56. The van der Waals surface area contributed by atoms with Crippen LogP contribution >= 0.6 is 0 Å². The summed E-state index contributed by atoms with van der Waals surface area (Å²) in [6.45, 7) is 1.94. The zero-order valence-corrected chi connectivity index (χ0v) is 20.4. The predicted molar refractivity (Wildman–Crippen MR) is 126 cm³/mol. The second kappa shape index (κ2) is 11.0. The Bertz CT molecular complexity index is 1130. The van der Waals surface area contributed by atoms with Crippen LogP contribution in [0, 0.1) is 17.1 Å².